The minimum absolute atomic E-state index is 0.253. The number of ether oxygens (including phenoxy) is 1. The van der Waals surface area contributed by atoms with Crippen LogP contribution < -0.4 is 16.6 Å². The first kappa shape index (κ1) is 14.2. The van der Waals surface area contributed by atoms with Crippen LogP contribution in [0.4, 0.5) is 11.9 Å². The van der Waals surface area contributed by atoms with Crippen LogP contribution in [0.2, 0.25) is 0 Å². The van der Waals surface area contributed by atoms with Crippen molar-refractivity contribution in [3.63, 3.8) is 0 Å². The highest BCUT2D eigenvalue weighted by Crippen LogP contribution is 2.11. The predicted octanol–water partition coefficient (Wildman–Crippen LogP) is 0.180. The Balaban J connectivity index is 2.23. The van der Waals surface area contributed by atoms with Crippen LogP contribution in [0.5, 0.6) is 0 Å². The number of methoxy groups -OCH3 is 1. The lowest BCUT2D eigenvalue weighted by atomic mass is 10.1. The van der Waals surface area contributed by atoms with Gasteiger partial charge in [0.05, 0.1) is 5.60 Å². The number of hydrogen-bond acceptors (Lipinski definition) is 8. The fourth-order valence-corrected chi connectivity index (χ4v) is 1.36. The minimum Gasteiger partial charge on any atom is -0.377 e. The molecule has 0 fully saturated rings. The molecule has 0 saturated heterocycles. The van der Waals surface area contributed by atoms with Gasteiger partial charge in [0.1, 0.15) is 0 Å². The number of nitrogens with one attached hydrogen (secondary N) is 2. The normalized spacial score (nSPS) is 11.4. The number of aromatic nitrogens is 5. The molecule has 2 rings (SSSR count). The summed E-state index contributed by atoms with van der Waals surface area (Å²) in [6.45, 7) is 4.45. The fourth-order valence-electron chi connectivity index (χ4n) is 1.36. The number of hydrogen-bond donors (Lipinski definition) is 3. The number of hydrazine groups is 1. The Morgan fingerprint density at radius 1 is 1.30 bits per heavy atom. The van der Waals surface area contributed by atoms with Gasteiger partial charge in [-0.15, -0.1) is 0 Å². The van der Waals surface area contributed by atoms with Crippen molar-refractivity contribution in [1.29, 1.82) is 0 Å². The third-order valence-electron chi connectivity index (χ3n) is 2.69. The van der Waals surface area contributed by atoms with Crippen LogP contribution in [0.1, 0.15) is 13.8 Å². The lowest BCUT2D eigenvalue weighted by molar-refractivity contribution is 0.0342. The van der Waals surface area contributed by atoms with Gasteiger partial charge in [0.15, 0.2) is 0 Å². The Bertz CT molecular complexity index is 554. The van der Waals surface area contributed by atoms with Crippen LogP contribution in [0.3, 0.4) is 0 Å². The van der Waals surface area contributed by atoms with Crippen molar-refractivity contribution in [3.05, 3.63) is 18.5 Å². The first-order valence-electron chi connectivity index (χ1n) is 6.06. The van der Waals surface area contributed by atoms with E-state index in [1.165, 1.54) is 4.68 Å². The van der Waals surface area contributed by atoms with Gasteiger partial charge >= 0.3 is 0 Å². The van der Waals surface area contributed by atoms with Crippen LogP contribution in [0, 0.1) is 0 Å². The van der Waals surface area contributed by atoms with E-state index in [0.717, 1.165) is 0 Å². The van der Waals surface area contributed by atoms with E-state index in [1.807, 2.05) is 13.8 Å². The van der Waals surface area contributed by atoms with Gasteiger partial charge in [-0.25, -0.2) is 10.5 Å². The lowest BCUT2D eigenvalue weighted by Gasteiger charge is -2.23. The highest BCUT2D eigenvalue weighted by molar-refractivity contribution is 5.37. The number of rotatable bonds is 6. The Morgan fingerprint density at radius 3 is 2.65 bits per heavy atom. The molecular formula is C11H18N8O. The molecule has 2 aromatic rings. The molecule has 108 valence electrons. The SMILES string of the molecule is COC(C)(C)CNc1nc(NN)nc(-n2cccn2)n1. The summed E-state index contributed by atoms with van der Waals surface area (Å²) in [5, 5.41) is 7.16. The maximum absolute atomic E-state index is 5.36. The molecule has 2 aromatic heterocycles. The average Bonchev–Trinajstić information content (AvgIpc) is 2.99. The van der Waals surface area contributed by atoms with Crippen LogP contribution in [0.25, 0.3) is 5.95 Å². The van der Waals surface area contributed by atoms with Crippen molar-refractivity contribution in [3.8, 4) is 5.95 Å². The summed E-state index contributed by atoms with van der Waals surface area (Å²) in [5.74, 6) is 6.38. The molecule has 0 spiro atoms. The maximum atomic E-state index is 5.36. The zero-order valence-corrected chi connectivity index (χ0v) is 11.7. The van der Waals surface area contributed by atoms with E-state index in [9.17, 15) is 0 Å². The lowest BCUT2D eigenvalue weighted by Crippen LogP contribution is -2.32. The van der Waals surface area contributed by atoms with E-state index < -0.39 is 0 Å². The van der Waals surface area contributed by atoms with E-state index in [-0.39, 0.29) is 11.5 Å². The predicted molar refractivity (Wildman–Crippen MR) is 74.3 cm³/mol. The van der Waals surface area contributed by atoms with Gasteiger partial charge in [-0.2, -0.15) is 20.1 Å². The van der Waals surface area contributed by atoms with Crippen molar-refractivity contribution in [2.45, 2.75) is 19.4 Å². The van der Waals surface area contributed by atoms with Gasteiger partial charge < -0.3 is 10.1 Å². The standard InChI is InChI=1S/C11H18N8O/c1-11(2,20-3)7-13-8-15-9(18-12)17-10(16-8)19-6-4-5-14-19/h4-6H,7,12H2,1-3H3,(H2,13,15,16,17,18). The second-order valence-corrected chi connectivity index (χ2v) is 4.69. The van der Waals surface area contributed by atoms with Gasteiger partial charge in [-0.05, 0) is 19.9 Å². The summed E-state index contributed by atoms with van der Waals surface area (Å²) in [5.41, 5.74) is 2.07. The summed E-state index contributed by atoms with van der Waals surface area (Å²) in [6.07, 6.45) is 3.37. The highest BCUT2D eigenvalue weighted by Gasteiger charge is 2.17. The number of nitrogens with two attached hydrogens (primary N) is 1. The summed E-state index contributed by atoms with van der Waals surface area (Å²) in [6, 6.07) is 1.78. The van der Waals surface area contributed by atoms with Crippen molar-refractivity contribution in [2.24, 2.45) is 5.84 Å². The molecule has 0 aliphatic carbocycles. The zero-order valence-electron chi connectivity index (χ0n) is 11.7. The Morgan fingerprint density at radius 2 is 2.05 bits per heavy atom. The molecule has 4 N–H and O–H groups in total. The van der Waals surface area contributed by atoms with Crippen molar-refractivity contribution in [2.75, 3.05) is 24.4 Å². The second-order valence-electron chi connectivity index (χ2n) is 4.69. The molecule has 0 saturated carbocycles. The summed E-state index contributed by atoms with van der Waals surface area (Å²) >= 11 is 0. The molecule has 9 nitrogen and oxygen atoms in total. The molecule has 0 unspecified atom stereocenters. The van der Waals surface area contributed by atoms with Gasteiger partial charge in [0.25, 0.3) is 5.95 Å². The third kappa shape index (κ3) is 3.39. The summed E-state index contributed by atoms with van der Waals surface area (Å²) in [4.78, 5) is 12.5. The van der Waals surface area contributed by atoms with Crippen LogP contribution in [-0.2, 0) is 4.74 Å². The van der Waals surface area contributed by atoms with Gasteiger partial charge in [-0.3, -0.25) is 5.43 Å². The third-order valence-corrected chi connectivity index (χ3v) is 2.69. The van der Waals surface area contributed by atoms with Crippen molar-refractivity contribution < 1.29 is 4.74 Å². The van der Waals surface area contributed by atoms with Crippen LogP contribution in [-0.4, -0.2) is 44.0 Å². The Hall–Kier alpha value is -2.26. The van der Waals surface area contributed by atoms with Crippen LogP contribution in [0.15, 0.2) is 18.5 Å². The quantitative estimate of drug-likeness (QED) is 0.506. The van der Waals surface area contributed by atoms with Crippen LogP contribution >= 0.6 is 0 Å². The molecule has 0 aliphatic heterocycles. The van der Waals surface area contributed by atoms with Gasteiger partial charge in [-0.1, -0.05) is 0 Å². The summed E-state index contributed by atoms with van der Waals surface area (Å²) in [7, 11) is 1.65. The Kier molecular flexibility index (Phi) is 4.11. The maximum Gasteiger partial charge on any atom is 0.257 e. The molecule has 0 radical (unpaired) electrons. The number of nitrogens with zero attached hydrogens (tertiary/aromatic N) is 5. The molecule has 2 heterocycles. The molecule has 9 heteroatoms. The number of anilines is 2. The molecule has 0 aromatic carbocycles. The van der Waals surface area contributed by atoms with E-state index in [0.29, 0.717) is 18.4 Å². The van der Waals surface area contributed by atoms with E-state index in [4.69, 9.17) is 10.6 Å². The van der Waals surface area contributed by atoms with E-state index in [1.54, 1.807) is 25.6 Å². The first-order valence-corrected chi connectivity index (χ1v) is 6.06. The first-order chi connectivity index (χ1) is 9.54. The van der Waals surface area contributed by atoms with E-state index >= 15 is 0 Å². The zero-order chi connectivity index (χ0) is 14.6. The summed E-state index contributed by atoms with van der Waals surface area (Å²) < 4.78 is 6.85. The number of nitrogen functional groups attached to an aromatic ring is 1. The van der Waals surface area contributed by atoms with Crippen molar-refractivity contribution >= 4 is 11.9 Å². The molecule has 0 aliphatic rings. The molecule has 0 atom stereocenters. The van der Waals surface area contributed by atoms with Crippen molar-refractivity contribution in [1.82, 2.24) is 24.7 Å². The largest absolute Gasteiger partial charge is 0.377 e. The van der Waals surface area contributed by atoms with Gasteiger partial charge in [0, 0.05) is 26.0 Å². The average molecular weight is 278 g/mol. The molecule has 0 amide bonds. The molecular weight excluding hydrogens is 260 g/mol. The second kappa shape index (κ2) is 5.80. The minimum atomic E-state index is -0.338. The molecule has 20 heavy (non-hydrogen) atoms. The van der Waals surface area contributed by atoms with Gasteiger partial charge in [0.2, 0.25) is 11.9 Å². The fraction of sp³-hybridized carbons (Fsp3) is 0.455. The van der Waals surface area contributed by atoms with E-state index in [2.05, 4.69) is 30.8 Å². The highest BCUT2D eigenvalue weighted by atomic mass is 16.5. The topological polar surface area (TPSA) is 116 Å². The monoisotopic (exact) mass is 278 g/mol. The molecule has 0 bridgehead atoms. The Labute approximate surface area is 116 Å². The smallest absolute Gasteiger partial charge is 0.257 e.